The van der Waals surface area contributed by atoms with Gasteiger partial charge in [0.2, 0.25) is 0 Å². The van der Waals surface area contributed by atoms with Crippen molar-refractivity contribution in [2.45, 2.75) is 19.4 Å². The first-order valence-corrected chi connectivity index (χ1v) is 8.76. The summed E-state index contributed by atoms with van der Waals surface area (Å²) in [6.07, 6.45) is 0.0595. The Labute approximate surface area is 155 Å². The fourth-order valence-electron chi connectivity index (χ4n) is 2.13. The van der Waals surface area contributed by atoms with Crippen molar-refractivity contribution in [2.75, 3.05) is 19.0 Å². The number of anilines is 1. The van der Waals surface area contributed by atoms with Gasteiger partial charge < -0.3 is 20.5 Å². The van der Waals surface area contributed by atoms with Crippen molar-refractivity contribution < 1.29 is 24.2 Å². The Morgan fingerprint density at radius 3 is 2.38 bits per heavy atom. The third kappa shape index (κ3) is 5.40. The van der Waals surface area contributed by atoms with Crippen LogP contribution >= 0.6 is 11.3 Å². The highest BCUT2D eigenvalue weighted by Gasteiger charge is 2.14. The Balaban J connectivity index is 1.79. The number of rotatable bonds is 6. The number of benzene rings is 1. The Bertz CT molecular complexity index is 783. The molecule has 0 radical (unpaired) electrons. The number of hydrogen-bond donors (Lipinski definition) is 3. The van der Waals surface area contributed by atoms with E-state index in [9.17, 15) is 19.5 Å². The molecule has 0 saturated heterocycles. The summed E-state index contributed by atoms with van der Waals surface area (Å²) in [7, 11) is 1.28. The zero-order valence-corrected chi connectivity index (χ0v) is 15.3. The minimum Gasteiger partial charge on any atom is -0.465 e. The number of ether oxygens (including phenoxy) is 1. The van der Waals surface area contributed by atoms with E-state index < -0.39 is 23.9 Å². The molecule has 0 aliphatic heterocycles. The number of hydrogen-bond acceptors (Lipinski definition) is 6. The van der Waals surface area contributed by atoms with Crippen LogP contribution in [-0.4, -0.2) is 36.5 Å². The van der Waals surface area contributed by atoms with Crippen molar-refractivity contribution in [3.8, 4) is 0 Å². The molecule has 0 spiro atoms. The lowest BCUT2D eigenvalue weighted by atomic mass is 10.2. The Kier molecular flexibility index (Phi) is 6.88. The van der Waals surface area contributed by atoms with Crippen LogP contribution in [0.5, 0.6) is 0 Å². The molecule has 138 valence electrons. The smallest absolute Gasteiger partial charge is 0.337 e. The molecule has 1 atom stereocenters. The zero-order valence-electron chi connectivity index (χ0n) is 14.4. The molecule has 8 heteroatoms. The summed E-state index contributed by atoms with van der Waals surface area (Å²) < 4.78 is 4.59. The van der Waals surface area contributed by atoms with Gasteiger partial charge in [0.15, 0.2) is 0 Å². The number of aliphatic hydroxyl groups is 1. The van der Waals surface area contributed by atoms with Gasteiger partial charge in [-0.05, 0) is 49.7 Å². The summed E-state index contributed by atoms with van der Waals surface area (Å²) in [6, 6.07) is 9.76. The Hall–Kier alpha value is -2.71. The topological polar surface area (TPSA) is 105 Å². The van der Waals surface area contributed by atoms with E-state index in [0.29, 0.717) is 24.2 Å². The SMILES string of the molecule is COC(=O)c1ccc(NC(=O)C(=O)NCCc2ccc([C@@H](C)O)s2)cc1. The second-order valence-electron chi connectivity index (χ2n) is 5.51. The van der Waals surface area contributed by atoms with Crippen molar-refractivity contribution in [3.05, 3.63) is 51.7 Å². The van der Waals surface area contributed by atoms with Gasteiger partial charge in [-0.25, -0.2) is 4.79 Å². The maximum absolute atomic E-state index is 11.9. The number of thiophene rings is 1. The van der Waals surface area contributed by atoms with Gasteiger partial charge in [0, 0.05) is 22.0 Å². The van der Waals surface area contributed by atoms with E-state index in [1.165, 1.54) is 42.7 Å². The molecule has 0 fully saturated rings. The number of carbonyl (C=O) groups is 3. The molecule has 2 amide bonds. The number of methoxy groups -OCH3 is 1. The average molecular weight is 376 g/mol. The summed E-state index contributed by atoms with van der Waals surface area (Å²) in [5.41, 5.74) is 0.750. The largest absolute Gasteiger partial charge is 0.465 e. The zero-order chi connectivity index (χ0) is 19.1. The molecule has 0 unspecified atom stereocenters. The van der Waals surface area contributed by atoms with Gasteiger partial charge in [-0.2, -0.15) is 0 Å². The van der Waals surface area contributed by atoms with Crippen LogP contribution in [0.3, 0.4) is 0 Å². The minimum atomic E-state index is -0.785. The monoisotopic (exact) mass is 376 g/mol. The van der Waals surface area contributed by atoms with Crippen molar-refractivity contribution in [1.29, 1.82) is 0 Å². The minimum absolute atomic E-state index is 0.313. The lowest BCUT2D eigenvalue weighted by molar-refractivity contribution is -0.136. The van der Waals surface area contributed by atoms with Gasteiger partial charge in [-0.1, -0.05) is 0 Å². The molecular formula is C18H20N2O5S. The predicted molar refractivity (Wildman–Crippen MR) is 98.1 cm³/mol. The van der Waals surface area contributed by atoms with Crippen LogP contribution in [0.25, 0.3) is 0 Å². The fourth-order valence-corrected chi connectivity index (χ4v) is 3.08. The number of aliphatic hydroxyl groups excluding tert-OH is 1. The Morgan fingerprint density at radius 1 is 1.12 bits per heavy atom. The van der Waals surface area contributed by atoms with Crippen molar-refractivity contribution >= 4 is 34.8 Å². The summed E-state index contributed by atoms with van der Waals surface area (Å²) in [5.74, 6) is -2.01. The summed E-state index contributed by atoms with van der Waals surface area (Å²) in [6.45, 7) is 2.01. The molecule has 1 heterocycles. The third-order valence-electron chi connectivity index (χ3n) is 3.52. The van der Waals surface area contributed by atoms with Crippen molar-refractivity contribution in [2.24, 2.45) is 0 Å². The second-order valence-corrected chi connectivity index (χ2v) is 6.71. The van der Waals surface area contributed by atoms with Gasteiger partial charge >= 0.3 is 17.8 Å². The number of carbonyl (C=O) groups excluding carboxylic acids is 3. The molecule has 2 rings (SSSR count). The van der Waals surface area contributed by atoms with E-state index in [-0.39, 0.29) is 0 Å². The number of esters is 1. The quantitative estimate of drug-likeness (QED) is 0.527. The van der Waals surface area contributed by atoms with Crippen molar-refractivity contribution in [3.63, 3.8) is 0 Å². The van der Waals surface area contributed by atoms with E-state index in [0.717, 1.165) is 9.75 Å². The van der Waals surface area contributed by atoms with Gasteiger partial charge in [-0.15, -0.1) is 11.3 Å². The van der Waals surface area contributed by atoms with Gasteiger partial charge in [0.25, 0.3) is 0 Å². The molecule has 0 aliphatic carbocycles. The Morgan fingerprint density at radius 2 is 1.81 bits per heavy atom. The van der Waals surface area contributed by atoms with Crippen LogP contribution < -0.4 is 10.6 Å². The molecule has 1 aromatic carbocycles. The molecule has 1 aromatic heterocycles. The highest BCUT2D eigenvalue weighted by Crippen LogP contribution is 2.22. The van der Waals surface area contributed by atoms with Crippen LogP contribution in [0.4, 0.5) is 5.69 Å². The van der Waals surface area contributed by atoms with E-state index in [4.69, 9.17) is 0 Å². The molecule has 0 saturated carbocycles. The average Bonchev–Trinajstić information content (AvgIpc) is 3.10. The van der Waals surface area contributed by atoms with Crippen LogP contribution in [0.2, 0.25) is 0 Å². The maximum Gasteiger partial charge on any atom is 0.337 e. The molecule has 26 heavy (non-hydrogen) atoms. The molecule has 7 nitrogen and oxygen atoms in total. The van der Waals surface area contributed by atoms with E-state index in [1.807, 2.05) is 12.1 Å². The normalized spacial score (nSPS) is 11.5. The standard InChI is InChI=1S/C18H20N2O5S/c1-11(21)15-8-7-14(26-15)9-10-19-16(22)17(23)20-13-5-3-12(4-6-13)18(24)25-2/h3-8,11,21H,9-10H2,1-2H3,(H,19,22)(H,20,23)/t11-/m1/s1. The van der Waals surface area contributed by atoms with E-state index >= 15 is 0 Å². The highest BCUT2D eigenvalue weighted by atomic mass is 32.1. The number of nitrogens with one attached hydrogen (secondary N) is 2. The molecular weight excluding hydrogens is 356 g/mol. The lowest BCUT2D eigenvalue weighted by Crippen LogP contribution is -2.36. The second kappa shape index (κ2) is 9.12. The van der Waals surface area contributed by atoms with Crippen LogP contribution in [0, 0.1) is 0 Å². The number of amides is 2. The molecule has 0 bridgehead atoms. The van der Waals surface area contributed by atoms with Crippen molar-refractivity contribution in [1.82, 2.24) is 5.32 Å². The summed E-state index contributed by atoms with van der Waals surface area (Å²) in [5, 5.41) is 14.5. The molecule has 3 N–H and O–H groups in total. The van der Waals surface area contributed by atoms with Gasteiger partial charge in [0.05, 0.1) is 18.8 Å². The summed E-state index contributed by atoms with van der Waals surface area (Å²) in [4.78, 5) is 36.9. The van der Waals surface area contributed by atoms with Gasteiger partial charge in [0.1, 0.15) is 0 Å². The lowest BCUT2D eigenvalue weighted by Gasteiger charge is -2.07. The van der Waals surface area contributed by atoms with E-state index in [1.54, 1.807) is 6.92 Å². The first-order chi connectivity index (χ1) is 12.4. The van der Waals surface area contributed by atoms with Crippen LogP contribution in [0.1, 0.15) is 33.1 Å². The molecule has 2 aromatic rings. The van der Waals surface area contributed by atoms with Crippen LogP contribution in [0.15, 0.2) is 36.4 Å². The van der Waals surface area contributed by atoms with E-state index in [2.05, 4.69) is 15.4 Å². The first-order valence-electron chi connectivity index (χ1n) is 7.95. The predicted octanol–water partition coefficient (Wildman–Crippen LogP) is 1.89. The third-order valence-corrected chi connectivity index (χ3v) is 4.84. The first kappa shape index (κ1) is 19.6. The summed E-state index contributed by atoms with van der Waals surface area (Å²) >= 11 is 1.47. The molecule has 0 aliphatic rings. The maximum atomic E-state index is 11.9. The van der Waals surface area contributed by atoms with Gasteiger partial charge in [-0.3, -0.25) is 9.59 Å². The van der Waals surface area contributed by atoms with Crippen LogP contribution in [-0.2, 0) is 20.7 Å². The highest BCUT2D eigenvalue weighted by molar-refractivity contribution is 7.12. The fraction of sp³-hybridized carbons (Fsp3) is 0.278.